The topological polar surface area (TPSA) is 75.7 Å². The van der Waals surface area contributed by atoms with Gasteiger partial charge < -0.3 is 9.64 Å². The smallest absolute Gasteiger partial charge is 0.252 e. The molecule has 1 aliphatic heterocycles. The fourth-order valence-corrected chi connectivity index (χ4v) is 2.58. The lowest BCUT2D eigenvalue weighted by Gasteiger charge is -2.44. The van der Waals surface area contributed by atoms with Crippen LogP contribution in [0.2, 0.25) is 0 Å². The number of carbonyl (C=O) groups excluding carboxylic acids is 3. The number of nitrogens with zero attached hydrogens (tertiary/aromatic N) is 1. The molecule has 0 unspecified atom stereocenters. The maximum Gasteiger partial charge on any atom is 0.252 e. The Labute approximate surface area is 112 Å². The van der Waals surface area contributed by atoms with Crippen LogP contribution in [0.5, 0.6) is 0 Å². The van der Waals surface area contributed by atoms with Gasteiger partial charge in [-0.3, -0.25) is 19.7 Å². The largest absolute Gasteiger partial charge is 0.378 e. The molecule has 0 aromatic heterocycles. The van der Waals surface area contributed by atoms with Crippen molar-refractivity contribution >= 4 is 17.7 Å². The highest BCUT2D eigenvalue weighted by Crippen LogP contribution is 2.39. The standard InChI is InChI=1S/C13H20N2O4/c1-12(2)11(18)14-9(16)8-15(12)10(17)7-13(19-3)5-4-6-13/h4-8H2,1-3H3,(H,14,16,18). The molecule has 6 nitrogen and oxygen atoms in total. The number of piperazine rings is 1. The molecule has 0 spiro atoms. The molecule has 1 N–H and O–H groups in total. The number of carbonyl (C=O) groups is 3. The van der Waals surface area contributed by atoms with E-state index in [9.17, 15) is 14.4 Å². The average molecular weight is 268 g/mol. The van der Waals surface area contributed by atoms with Crippen molar-refractivity contribution in [3.63, 3.8) is 0 Å². The summed E-state index contributed by atoms with van der Waals surface area (Å²) in [5.41, 5.74) is -1.40. The Morgan fingerprint density at radius 3 is 2.47 bits per heavy atom. The lowest BCUT2D eigenvalue weighted by molar-refractivity contribution is -0.161. The van der Waals surface area contributed by atoms with Crippen molar-refractivity contribution in [2.75, 3.05) is 13.7 Å². The lowest BCUT2D eigenvalue weighted by atomic mass is 9.77. The Balaban J connectivity index is 2.12. The summed E-state index contributed by atoms with van der Waals surface area (Å²) in [5, 5.41) is 2.26. The van der Waals surface area contributed by atoms with Crippen molar-refractivity contribution < 1.29 is 19.1 Å². The highest BCUT2D eigenvalue weighted by molar-refractivity contribution is 6.06. The third kappa shape index (κ3) is 2.36. The van der Waals surface area contributed by atoms with Crippen molar-refractivity contribution in [2.24, 2.45) is 0 Å². The molecule has 0 atom stereocenters. The molecular weight excluding hydrogens is 248 g/mol. The van der Waals surface area contributed by atoms with E-state index < -0.39 is 23.0 Å². The predicted octanol–water partition coefficient (Wildman–Crippen LogP) is 0.209. The van der Waals surface area contributed by atoms with Crippen LogP contribution in [0, 0.1) is 0 Å². The number of ether oxygens (including phenoxy) is 1. The van der Waals surface area contributed by atoms with Gasteiger partial charge in [-0.1, -0.05) is 0 Å². The van der Waals surface area contributed by atoms with Crippen molar-refractivity contribution in [1.82, 2.24) is 10.2 Å². The Bertz CT molecular complexity index is 421. The van der Waals surface area contributed by atoms with Crippen LogP contribution < -0.4 is 5.32 Å². The summed E-state index contributed by atoms with van der Waals surface area (Å²) in [6.45, 7) is 3.22. The second kappa shape index (κ2) is 4.59. The molecule has 0 aromatic rings. The number of nitrogens with one attached hydrogen (secondary N) is 1. The van der Waals surface area contributed by atoms with Gasteiger partial charge >= 0.3 is 0 Å². The summed E-state index contributed by atoms with van der Waals surface area (Å²) in [6, 6.07) is 0. The minimum atomic E-state index is -0.996. The monoisotopic (exact) mass is 268 g/mol. The highest BCUT2D eigenvalue weighted by atomic mass is 16.5. The molecule has 1 aliphatic carbocycles. The first-order valence-corrected chi connectivity index (χ1v) is 6.51. The molecule has 6 heteroatoms. The molecule has 0 aromatic carbocycles. The SMILES string of the molecule is COC1(CC(=O)N2CC(=O)NC(=O)C2(C)C)CCC1. The number of hydrogen-bond acceptors (Lipinski definition) is 4. The van der Waals surface area contributed by atoms with Crippen LogP contribution in [0.3, 0.4) is 0 Å². The van der Waals surface area contributed by atoms with Crippen molar-refractivity contribution in [3.8, 4) is 0 Å². The molecule has 0 radical (unpaired) electrons. The Kier molecular flexibility index (Phi) is 3.38. The maximum absolute atomic E-state index is 12.4. The van der Waals surface area contributed by atoms with Gasteiger partial charge in [0.2, 0.25) is 11.8 Å². The third-order valence-corrected chi connectivity index (χ3v) is 4.26. The number of rotatable bonds is 3. The van der Waals surface area contributed by atoms with Gasteiger partial charge in [-0.2, -0.15) is 0 Å². The van der Waals surface area contributed by atoms with Gasteiger partial charge in [-0.25, -0.2) is 0 Å². The van der Waals surface area contributed by atoms with Gasteiger partial charge in [0.05, 0.1) is 12.0 Å². The molecule has 106 valence electrons. The average Bonchev–Trinajstić information content (AvgIpc) is 2.28. The summed E-state index contributed by atoms with van der Waals surface area (Å²) in [5.74, 6) is -1.07. The second-order valence-corrected chi connectivity index (χ2v) is 5.83. The zero-order valence-corrected chi connectivity index (χ0v) is 11.6. The van der Waals surface area contributed by atoms with E-state index in [1.165, 1.54) is 4.90 Å². The minimum absolute atomic E-state index is 0.0721. The molecule has 1 heterocycles. The van der Waals surface area contributed by atoms with Gasteiger partial charge in [-0.05, 0) is 33.1 Å². The Morgan fingerprint density at radius 2 is 2.00 bits per heavy atom. The van der Waals surface area contributed by atoms with Crippen LogP contribution in [-0.2, 0) is 19.1 Å². The van der Waals surface area contributed by atoms with E-state index in [4.69, 9.17) is 4.74 Å². The van der Waals surface area contributed by atoms with E-state index in [1.54, 1.807) is 21.0 Å². The van der Waals surface area contributed by atoms with Crippen molar-refractivity contribution in [1.29, 1.82) is 0 Å². The molecule has 0 bridgehead atoms. The van der Waals surface area contributed by atoms with Crippen molar-refractivity contribution in [3.05, 3.63) is 0 Å². The van der Waals surface area contributed by atoms with Crippen LogP contribution in [0.1, 0.15) is 39.5 Å². The first-order chi connectivity index (χ1) is 8.81. The fraction of sp³-hybridized carbons (Fsp3) is 0.769. The quantitative estimate of drug-likeness (QED) is 0.742. The van der Waals surface area contributed by atoms with Crippen LogP contribution in [-0.4, -0.2) is 47.4 Å². The number of hydrogen-bond donors (Lipinski definition) is 1. The van der Waals surface area contributed by atoms with Gasteiger partial charge in [0.25, 0.3) is 5.91 Å². The molecule has 2 rings (SSSR count). The Morgan fingerprint density at radius 1 is 1.37 bits per heavy atom. The van der Waals surface area contributed by atoms with E-state index in [0.29, 0.717) is 0 Å². The first-order valence-electron chi connectivity index (χ1n) is 6.51. The summed E-state index contributed by atoms with van der Waals surface area (Å²) >= 11 is 0. The molecule has 2 aliphatic rings. The van der Waals surface area contributed by atoms with Crippen LogP contribution in [0.25, 0.3) is 0 Å². The van der Waals surface area contributed by atoms with Gasteiger partial charge in [0, 0.05) is 7.11 Å². The van der Waals surface area contributed by atoms with E-state index in [2.05, 4.69) is 5.32 Å². The molecule has 19 heavy (non-hydrogen) atoms. The minimum Gasteiger partial charge on any atom is -0.378 e. The number of methoxy groups -OCH3 is 1. The van der Waals surface area contributed by atoms with E-state index in [1.807, 2.05) is 0 Å². The van der Waals surface area contributed by atoms with E-state index >= 15 is 0 Å². The zero-order chi connectivity index (χ0) is 14.3. The van der Waals surface area contributed by atoms with Crippen LogP contribution in [0.15, 0.2) is 0 Å². The van der Waals surface area contributed by atoms with Gasteiger partial charge in [-0.15, -0.1) is 0 Å². The van der Waals surface area contributed by atoms with Crippen LogP contribution >= 0.6 is 0 Å². The van der Waals surface area contributed by atoms with E-state index in [-0.39, 0.29) is 18.9 Å². The molecule has 1 saturated carbocycles. The predicted molar refractivity (Wildman–Crippen MR) is 67.1 cm³/mol. The molecular formula is C13H20N2O4. The van der Waals surface area contributed by atoms with Gasteiger partial charge in [0.1, 0.15) is 12.1 Å². The summed E-state index contributed by atoms with van der Waals surface area (Å²) < 4.78 is 5.42. The normalized spacial score (nSPS) is 24.7. The van der Waals surface area contributed by atoms with Crippen LogP contribution in [0.4, 0.5) is 0 Å². The molecule has 2 fully saturated rings. The third-order valence-electron chi connectivity index (χ3n) is 4.26. The highest BCUT2D eigenvalue weighted by Gasteiger charge is 2.47. The lowest BCUT2D eigenvalue weighted by Crippen LogP contribution is -2.66. The summed E-state index contributed by atoms with van der Waals surface area (Å²) in [4.78, 5) is 37.0. The number of amides is 3. The summed E-state index contributed by atoms with van der Waals surface area (Å²) in [7, 11) is 1.60. The second-order valence-electron chi connectivity index (χ2n) is 5.83. The van der Waals surface area contributed by atoms with E-state index in [0.717, 1.165) is 19.3 Å². The zero-order valence-electron chi connectivity index (χ0n) is 11.6. The number of imide groups is 1. The van der Waals surface area contributed by atoms with Crippen molar-refractivity contribution in [2.45, 2.75) is 50.7 Å². The fourth-order valence-electron chi connectivity index (χ4n) is 2.58. The maximum atomic E-state index is 12.4. The van der Waals surface area contributed by atoms with Gasteiger partial charge in [0.15, 0.2) is 0 Å². The molecule has 3 amide bonds. The molecule has 1 saturated heterocycles. The summed E-state index contributed by atoms with van der Waals surface area (Å²) in [6.07, 6.45) is 2.98. The Hall–Kier alpha value is -1.43. The first kappa shape index (κ1) is 14.0.